The highest BCUT2D eigenvalue weighted by Gasteiger charge is 2.53. The SMILES string of the molecule is CCCC1CC1(O)c1cncc(F)c1. The minimum Gasteiger partial charge on any atom is -0.385 e. The molecule has 1 N–H and O–H groups in total. The highest BCUT2D eigenvalue weighted by atomic mass is 19.1. The second-order valence-electron chi connectivity index (χ2n) is 4.01. The summed E-state index contributed by atoms with van der Waals surface area (Å²) in [6.45, 7) is 2.09. The molecule has 0 amide bonds. The first-order valence-corrected chi connectivity index (χ1v) is 5.00. The standard InChI is InChI=1S/C11H14FNO/c1-2-3-8-5-11(8,14)9-4-10(12)7-13-6-9/h4,6-8,14H,2-3,5H2,1H3. The van der Waals surface area contributed by atoms with Crippen molar-refractivity contribution in [1.82, 2.24) is 4.98 Å². The number of aliphatic hydroxyl groups is 1. The fourth-order valence-corrected chi connectivity index (χ4v) is 2.01. The molecule has 76 valence electrons. The minimum atomic E-state index is -0.800. The molecular formula is C11H14FNO. The van der Waals surface area contributed by atoms with Gasteiger partial charge in [-0.2, -0.15) is 0 Å². The van der Waals surface area contributed by atoms with Gasteiger partial charge in [-0.15, -0.1) is 0 Å². The van der Waals surface area contributed by atoms with Gasteiger partial charge in [-0.1, -0.05) is 13.3 Å². The summed E-state index contributed by atoms with van der Waals surface area (Å²) in [6, 6.07) is 1.38. The Bertz CT molecular complexity index is 342. The third-order valence-corrected chi connectivity index (χ3v) is 2.91. The van der Waals surface area contributed by atoms with E-state index in [0.29, 0.717) is 5.56 Å². The quantitative estimate of drug-likeness (QED) is 0.802. The number of hydrogen-bond acceptors (Lipinski definition) is 2. The van der Waals surface area contributed by atoms with Crippen LogP contribution in [0.25, 0.3) is 0 Å². The van der Waals surface area contributed by atoms with E-state index < -0.39 is 5.60 Å². The second kappa shape index (κ2) is 3.31. The average molecular weight is 195 g/mol. The first-order valence-electron chi connectivity index (χ1n) is 5.00. The van der Waals surface area contributed by atoms with Gasteiger partial charge in [0, 0.05) is 11.8 Å². The highest BCUT2D eigenvalue weighted by molar-refractivity contribution is 5.27. The molecule has 0 aromatic carbocycles. The Labute approximate surface area is 82.8 Å². The van der Waals surface area contributed by atoms with Gasteiger partial charge in [0.2, 0.25) is 0 Å². The Morgan fingerprint density at radius 2 is 2.43 bits per heavy atom. The van der Waals surface area contributed by atoms with Crippen LogP contribution < -0.4 is 0 Å². The maximum atomic E-state index is 12.9. The molecule has 3 heteroatoms. The Morgan fingerprint density at radius 1 is 1.64 bits per heavy atom. The van der Waals surface area contributed by atoms with Gasteiger partial charge in [0.25, 0.3) is 0 Å². The Morgan fingerprint density at radius 3 is 3.07 bits per heavy atom. The fraction of sp³-hybridized carbons (Fsp3) is 0.545. The van der Waals surface area contributed by atoms with E-state index in [1.54, 1.807) is 6.20 Å². The van der Waals surface area contributed by atoms with Crippen molar-refractivity contribution in [2.45, 2.75) is 31.8 Å². The summed E-state index contributed by atoms with van der Waals surface area (Å²) in [5.41, 5.74) is -0.179. The molecule has 2 nitrogen and oxygen atoms in total. The third-order valence-electron chi connectivity index (χ3n) is 2.91. The summed E-state index contributed by atoms with van der Waals surface area (Å²) in [5, 5.41) is 10.1. The topological polar surface area (TPSA) is 33.1 Å². The van der Waals surface area contributed by atoms with Crippen LogP contribution in [0.15, 0.2) is 18.5 Å². The maximum absolute atomic E-state index is 12.9. The molecule has 0 radical (unpaired) electrons. The monoisotopic (exact) mass is 195 g/mol. The lowest BCUT2D eigenvalue weighted by atomic mass is 10.1. The third kappa shape index (κ3) is 1.52. The molecule has 1 fully saturated rings. The van der Waals surface area contributed by atoms with Crippen LogP contribution in [-0.2, 0) is 5.60 Å². The largest absolute Gasteiger partial charge is 0.385 e. The molecule has 2 atom stereocenters. The average Bonchev–Trinajstić information content (AvgIpc) is 2.79. The minimum absolute atomic E-state index is 0.288. The van der Waals surface area contributed by atoms with Crippen LogP contribution in [0.3, 0.4) is 0 Å². The summed E-state index contributed by atoms with van der Waals surface area (Å²) in [5.74, 6) is -0.0887. The van der Waals surface area contributed by atoms with Gasteiger partial charge in [0.1, 0.15) is 5.82 Å². The molecule has 1 aliphatic carbocycles. The molecule has 1 saturated carbocycles. The van der Waals surface area contributed by atoms with Crippen molar-refractivity contribution in [1.29, 1.82) is 0 Å². The Balaban J connectivity index is 2.17. The zero-order chi connectivity index (χ0) is 10.2. The molecule has 0 spiro atoms. The lowest BCUT2D eigenvalue weighted by molar-refractivity contribution is 0.128. The summed E-state index contributed by atoms with van der Waals surface area (Å²) in [7, 11) is 0. The van der Waals surface area contributed by atoms with Crippen molar-refractivity contribution in [2.24, 2.45) is 5.92 Å². The van der Waals surface area contributed by atoms with Crippen LogP contribution in [0.4, 0.5) is 4.39 Å². The van der Waals surface area contributed by atoms with E-state index in [9.17, 15) is 9.50 Å². The number of aromatic nitrogens is 1. The molecule has 1 aliphatic rings. The molecule has 2 unspecified atom stereocenters. The molecule has 2 rings (SSSR count). The van der Waals surface area contributed by atoms with Crippen molar-refractivity contribution in [2.75, 3.05) is 0 Å². The van der Waals surface area contributed by atoms with Crippen LogP contribution in [0.2, 0.25) is 0 Å². The van der Waals surface area contributed by atoms with Crippen molar-refractivity contribution < 1.29 is 9.50 Å². The molecule has 0 bridgehead atoms. The smallest absolute Gasteiger partial charge is 0.141 e. The van der Waals surface area contributed by atoms with Gasteiger partial charge in [-0.3, -0.25) is 4.98 Å². The zero-order valence-electron chi connectivity index (χ0n) is 8.20. The van der Waals surface area contributed by atoms with Gasteiger partial charge in [-0.25, -0.2) is 4.39 Å². The van der Waals surface area contributed by atoms with Crippen molar-refractivity contribution in [3.63, 3.8) is 0 Å². The predicted molar refractivity (Wildman–Crippen MR) is 51.1 cm³/mol. The molecule has 1 aromatic heterocycles. The number of pyridine rings is 1. The first kappa shape index (κ1) is 9.59. The van der Waals surface area contributed by atoms with E-state index in [-0.39, 0.29) is 11.7 Å². The van der Waals surface area contributed by atoms with Crippen molar-refractivity contribution in [3.8, 4) is 0 Å². The normalized spacial score (nSPS) is 30.4. The second-order valence-corrected chi connectivity index (χ2v) is 4.01. The van der Waals surface area contributed by atoms with Crippen LogP contribution in [0.1, 0.15) is 31.7 Å². The van der Waals surface area contributed by atoms with Gasteiger partial charge in [0.05, 0.1) is 11.8 Å². The molecular weight excluding hydrogens is 181 g/mol. The van der Waals surface area contributed by atoms with Crippen LogP contribution >= 0.6 is 0 Å². The van der Waals surface area contributed by atoms with E-state index >= 15 is 0 Å². The van der Waals surface area contributed by atoms with Gasteiger partial charge in [-0.05, 0) is 24.8 Å². The summed E-state index contributed by atoms with van der Waals surface area (Å²) < 4.78 is 12.9. The van der Waals surface area contributed by atoms with Crippen LogP contribution in [0.5, 0.6) is 0 Å². The molecule has 14 heavy (non-hydrogen) atoms. The number of nitrogens with zero attached hydrogens (tertiary/aromatic N) is 1. The number of halogens is 1. The lowest BCUT2D eigenvalue weighted by Crippen LogP contribution is -2.09. The maximum Gasteiger partial charge on any atom is 0.141 e. The van der Waals surface area contributed by atoms with E-state index in [2.05, 4.69) is 11.9 Å². The lowest BCUT2D eigenvalue weighted by Gasteiger charge is -2.09. The van der Waals surface area contributed by atoms with Gasteiger partial charge < -0.3 is 5.11 Å². The van der Waals surface area contributed by atoms with E-state index in [1.807, 2.05) is 0 Å². The summed E-state index contributed by atoms with van der Waals surface area (Å²) >= 11 is 0. The van der Waals surface area contributed by atoms with E-state index in [1.165, 1.54) is 6.07 Å². The zero-order valence-corrected chi connectivity index (χ0v) is 8.20. The highest BCUT2D eigenvalue weighted by Crippen LogP contribution is 2.54. The van der Waals surface area contributed by atoms with E-state index in [0.717, 1.165) is 25.5 Å². The fourth-order valence-electron chi connectivity index (χ4n) is 2.01. The molecule has 0 aliphatic heterocycles. The van der Waals surface area contributed by atoms with Crippen LogP contribution in [-0.4, -0.2) is 10.1 Å². The summed E-state index contributed by atoms with van der Waals surface area (Å²) in [6.07, 6.45) is 5.50. The van der Waals surface area contributed by atoms with Crippen molar-refractivity contribution >= 4 is 0 Å². The summed E-state index contributed by atoms with van der Waals surface area (Å²) in [4.78, 5) is 3.75. The number of rotatable bonds is 3. The predicted octanol–water partition coefficient (Wildman–Crippen LogP) is 2.23. The Kier molecular flexibility index (Phi) is 2.27. The number of hydrogen-bond donors (Lipinski definition) is 1. The van der Waals surface area contributed by atoms with Crippen LogP contribution in [0, 0.1) is 11.7 Å². The van der Waals surface area contributed by atoms with Gasteiger partial charge in [0.15, 0.2) is 0 Å². The Hall–Kier alpha value is -0.960. The molecule has 0 saturated heterocycles. The molecule has 1 heterocycles. The van der Waals surface area contributed by atoms with E-state index in [4.69, 9.17) is 0 Å². The molecule has 1 aromatic rings. The van der Waals surface area contributed by atoms with Crippen molar-refractivity contribution in [3.05, 3.63) is 29.8 Å². The first-order chi connectivity index (χ1) is 6.66. The van der Waals surface area contributed by atoms with Gasteiger partial charge >= 0.3 is 0 Å².